The molecule has 2 fully saturated rings. The van der Waals surface area contributed by atoms with Crippen LogP contribution >= 0.6 is 0 Å². The lowest BCUT2D eigenvalue weighted by molar-refractivity contribution is -0.132. The summed E-state index contributed by atoms with van der Waals surface area (Å²) in [5.74, 6) is 1.36. The molecule has 0 N–H and O–H groups in total. The van der Waals surface area contributed by atoms with Gasteiger partial charge in [0.2, 0.25) is 0 Å². The van der Waals surface area contributed by atoms with E-state index in [1.54, 1.807) is 0 Å². The van der Waals surface area contributed by atoms with Crippen LogP contribution in [0.5, 0.6) is 5.75 Å². The Morgan fingerprint density at radius 3 is 2.87 bits per heavy atom. The molecule has 126 valence electrons. The minimum Gasteiger partial charge on any atom is -0.484 e. The van der Waals surface area contributed by atoms with Gasteiger partial charge in [0.1, 0.15) is 5.75 Å². The van der Waals surface area contributed by atoms with Gasteiger partial charge < -0.3 is 14.4 Å². The van der Waals surface area contributed by atoms with Crippen LogP contribution in [-0.2, 0) is 9.53 Å². The highest BCUT2D eigenvalue weighted by molar-refractivity contribution is 5.78. The van der Waals surface area contributed by atoms with Crippen LogP contribution in [0.2, 0.25) is 0 Å². The molecule has 1 atom stereocenters. The van der Waals surface area contributed by atoms with Crippen LogP contribution in [0.4, 0.5) is 0 Å². The molecular weight excluding hydrogens is 290 g/mol. The average Bonchev–Trinajstić information content (AvgIpc) is 3.15. The lowest BCUT2D eigenvalue weighted by Crippen LogP contribution is -2.35. The number of nitrogens with zero attached hydrogens (tertiary/aromatic N) is 1. The molecular formula is C19H27NO3. The Hall–Kier alpha value is -1.55. The monoisotopic (exact) mass is 317 g/mol. The number of hydrogen-bond acceptors (Lipinski definition) is 3. The van der Waals surface area contributed by atoms with E-state index >= 15 is 0 Å². The van der Waals surface area contributed by atoms with Gasteiger partial charge in [0.05, 0.1) is 6.61 Å². The number of likely N-dealkylation sites (tertiary alicyclic amines) is 1. The lowest BCUT2D eigenvalue weighted by Gasteiger charge is -2.22. The normalized spacial score (nSPS) is 23.9. The Morgan fingerprint density at radius 2 is 2.22 bits per heavy atom. The molecule has 0 radical (unpaired) electrons. The number of aryl methyl sites for hydroxylation is 1. The summed E-state index contributed by atoms with van der Waals surface area (Å²) in [6.45, 7) is 9.86. The van der Waals surface area contributed by atoms with Crippen molar-refractivity contribution in [1.29, 1.82) is 0 Å². The van der Waals surface area contributed by atoms with Crippen LogP contribution in [0.15, 0.2) is 18.2 Å². The fourth-order valence-electron chi connectivity index (χ4n) is 3.74. The molecule has 3 rings (SSSR count). The maximum atomic E-state index is 12.4. The molecule has 0 aliphatic carbocycles. The first-order chi connectivity index (χ1) is 11.0. The highest BCUT2D eigenvalue weighted by Crippen LogP contribution is 2.38. The van der Waals surface area contributed by atoms with Gasteiger partial charge in [-0.05, 0) is 48.9 Å². The van der Waals surface area contributed by atoms with Crippen LogP contribution in [0.25, 0.3) is 0 Å². The number of carbonyl (C=O) groups is 1. The fourth-order valence-corrected chi connectivity index (χ4v) is 3.74. The Bertz CT molecular complexity index is 576. The van der Waals surface area contributed by atoms with Crippen molar-refractivity contribution in [3.63, 3.8) is 0 Å². The largest absolute Gasteiger partial charge is 0.484 e. The fraction of sp³-hybridized carbons (Fsp3) is 0.632. The third-order valence-corrected chi connectivity index (χ3v) is 5.20. The molecule has 1 amide bonds. The molecule has 2 heterocycles. The van der Waals surface area contributed by atoms with E-state index in [1.165, 1.54) is 11.1 Å². The zero-order valence-electron chi connectivity index (χ0n) is 14.4. The van der Waals surface area contributed by atoms with Crippen molar-refractivity contribution in [2.45, 2.75) is 39.5 Å². The van der Waals surface area contributed by atoms with E-state index in [0.717, 1.165) is 44.9 Å². The molecule has 2 aliphatic heterocycles. The van der Waals surface area contributed by atoms with E-state index < -0.39 is 0 Å². The minimum atomic E-state index is 0.0827. The van der Waals surface area contributed by atoms with Gasteiger partial charge in [-0.25, -0.2) is 0 Å². The van der Waals surface area contributed by atoms with Gasteiger partial charge in [0.15, 0.2) is 6.61 Å². The maximum Gasteiger partial charge on any atom is 0.260 e. The molecule has 0 bridgehead atoms. The van der Waals surface area contributed by atoms with Crippen molar-refractivity contribution >= 4 is 5.91 Å². The third kappa shape index (κ3) is 3.52. The second kappa shape index (κ2) is 6.52. The van der Waals surface area contributed by atoms with Gasteiger partial charge in [-0.15, -0.1) is 0 Å². The quantitative estimate of drug-likeness (QED) is 0.856. The molecule has 1 aromatic carbocycles. The highest BCUT2D eigenvalue weighted by atomic mass is 16.5. The standard InChI is InChI=1S/C19H27NO3/c1-14(2)17-5-4-16(10-15(17)3)23-11-18(21)20-8-6-19(12-20)7-9-22-13-19/h4-5,10,14H,6-9,11-13H2,1-3H3. The first kappa shape index (κ1) is 16.3. The van der Waals surface area contributed by atoms with E-state index in [4.69, 9.17) is 9.47 Å². The first-order valence-corrected chi connectivity index (χ1v) is 8.58. The summed E-state index contributed by atoms with van der Waals surface area (Å²) in [7, 11) is 0. The van der Waals surface area contributed by atoms with Gasteiger partial charge in [0, 0.05) is 25.1 Å². The number of amides is 1. The SMILES string of the molecule is Cc1cc(OCC(=O)N2CCC3(CCOC3)C2)ccc1C(C)C. The molecule has 4 heteroatoms. The third-order valence-electron chi connectivity index (χ3n) is 5.20. The first-order valence-electron chi connectivity index (χ1n) is 8.58. The minimum absolute atomic E-state index is 0.0827. The van der Waals surface area contributed by atoms with Gasteiger partial charge in [-0.2, -0.15) is 0 Å². The lowest BCUT2D eigenvalue weighted by atomic mass is 9.87. The Morgan fingerprint density at radius 1 is 1.39 bits per heavy atom. The van der Waals surface area contributed by atoms with Gasteiger partial charge >= 0.3 is 0 Å². The summed E-state index contributed by atoms with van der Waals surface area (Å²) in [5, 5.41) is 0. The number of rotatable bonds is 4. The number of hydrogen-bond donors (Lipinski definition) is 0. The molecule has 23 heavy (non-hydrogen) atoms. The summed E-state index contributed by atoms with van der Waals surface area (Å²) >= 11 is 0. The van der Waals surface area contributed by atoms with Gasteiger partial charge in [0.25, 0.3) is 5.91 Å². The maximum absolute atomic E-state index is 12.4. The topological polar surface area (TPSA) is 38.8 Å². The predicted octanol–water partition coefficient (Wildman–Crippen LogP) is 3.14. The van der Waals surface area contributed by atoms with E-state index in [0.29, 0.717) is 5.92 Å². The summed E-state index contributed by atoms with van der Waals surface area (Å²) in [5.41, 5.74) is 2.75. The molecule has 1 aromatic rings. The van der Waals surface area contributed by atoms with E-state index in [2.05, 4.69) is 26.8 Å². The van der Waals surface area contributed by atoms with Crippen molar-refractivity contribution in [2.24, 2.45) is 5.41 Å². The van der Waals surface area contributed by atoms with Gasteiger partial charge in [-0.3, -0.25) is 4.79 Å². The molecule has 2 aliphatic rings. The zero-order valence-corrected chi connectivity index (χ0v) is 14.4. The Labute approximate surface area is 138 Å². The summed E-state index contributed by atoms with van der Waals surface area (Å²) in [6.07, 6.45) is 2.13. The van der Waals surface area contributed by atoms with Crippen LogP contribution in [0.1, 0.15) is 43.7 Å². The molecule has 2 saturated heterocycles. The van der Waals surface area contributed by atoms with Crippen LogP contribution in [0.3, 0.4) is 0 Å². The second-order valence-corrected chi connectivity index (χ2v) is 7.33. The van der Waals surface area contributed by atoms with Crippen LogP contribution in [0, 0.1) is 12.3 Å². The number of benzene rings is 1. The Kier molecular flexibility index (Phi) is 4.62. The van der Waals surface area contributed by atoms with Crippen molar-refractivity contribution in [3.8, 4) is 5.75 Å². The van der Waals surface area contributed by atoms with E-state index in [9.17, 15) is 4.79 Å². The number of carbonyl (C=O) groups excluding carboxylic acids is 1. The van der Waals surface area contributed by atoms with E-state index in [-0.39, 0.29) is 17.9 Å². The van der Waals surface area contributed by atoms with Crippen molar-refractivity contribution in [3.05, 3.63) is 29.3 Å². The molecule has 4 nitrogen and oxygen atoms in total. The summed E-state index contributed by atoms with van der Waals surface area (Å²) in [4.78, 5) is 14.3. The Balaban J connectivity index is 1.54. The summed E-state index contributed by atoms with van der Waals surface area (Å²) < 4.78 is 11.2. The van der Waals surface area contributed by atoms with Crippen molar-refractivity contribution in [1.82, 2.24) is 4.90 Å². The second-order valence-electron chi connectivity index (χ2n) is 7.33. The van der Waals surface area contributed by atoms with Gasteiger partial charge in [-0.1, -0.05) is 19.9 Å². The van der Waals surface area contributed by atoms with E-state index in [1.807, 2.05) is 17.0 Å². The van der Waals surface area contributed by atoms with Crippen LogP contribution in [-0.4, -0.2) is 43.7 Å². The number of ether oxygens (including phenoxy) is 2. The smallest absolute Gasteiger partial charge is 0.260 e. The van der Waals surface area contributed by atoms with Crippen molar-refractivity contribution < 1.29 is 14.3 Å². The zero-order chi connectivity index (χ0) is 16.4. The molecule has 1 spiro atoms. The molecule has 0 saturated carbocycles. The average molecular weight is 317 g/mol. The summed E-state index contributed by atoms with van der Waals surface area (Å²) in [6, 6.07) is 6.09. The van der Waals surface area contributed by atoms with Crippen molar-refractivity contribution in [2.75, 3.05) is 32.9 Å². The highest BCUT2D eigenvalue weighted by Gasteiger charge is 2.42. The molecule has 1 unspecified atom stereocenters. The predicted molar refractivity (Wildman–Crippen MR) is 89.8 cm³/mol. The van der Waals surface area contributed by atoms with Crippen LogP contribution < -0.4 is 4.74 Å². The molecule has 0 aromatic heterocycles.